The SMILES string of the molecule is CCCn1c(=O)n(CCC(=O)OCc2cc(-c3ccco3)on2)c2ccccc21. The zero-order chi connectivity index (χ0) is 20.2. The summed E-state index contributed by atoms with van der Waals surface area (Å²) in [5.74, 6) is 0.612. The van der Waals surface area contributed by atoms with E-state index in [9.17, 15) is 9.59 Å². The van der Waals surface area contributed by atoms with Crippen molar-refractivity contribution in [2.24, 2.45) is 0 Å². The summed E-state index contributed by atoms with van der Waals surface area (Å²) >= 11 is 0. The molecule has 29 heavy (non-hydrogen) atoms. The van der Waals surface area contributed by atoms with Gasteiger partial charge in [0.2, 0.25) is 5.76 Å². The van der Waals surface area contributed by atoms with Crippen molar-refractivity contribution in [2.45, 2.75) is 39.5 Å². The number of benzene rings is 1. The monoisotopic (exact) mass is 395 g/mol. The molecule has 1 aromatic carbocycles. The Kier molecular flexibility index (Phi) is 5.33. The van der Waals surface area contributed by atoms with Crippen LogP contribution in [0, 0.1) is 0 Å². The summed E-state index contributed by atoms with van der Waals surface area (Å²) in [6, 6.07) is 12.8. The highest BCUT2D eigenvalue weighted by atomic mass is 16.5. The van der Waals surface area contributed by atoms with Crippen LogP contribution in [0.5, 0.6) is 0 Å². The van der Waals surface area contributed by atoms with Gasteiger partial charge in [0.05, 0.1) is 23.7 Å². The number of para-hydroxylation sites is 2. The van der Waals surface area contributed by atoms with E-state index >= 15 is 0 Å². The number of hydrogen-bond acceptors (Lipinski definition) is 6. The van der Waals surface area contributed by atoms with E-state index in [1.54, 1.807) is 27.3 Å². The number of imidazole rings is 1. The number of furan rings is 1. The van der Waals surface area contributed by atoms with Crippen molar-refractivity contribution in [3.8, 4) is 11.5 Å². The number of ether oxygens (including phenoxy) is 1. The number of aryl methyl sites for hydroxylation is 2. The molecular weight excluding hydrogens is 374 g/mol. The zero-order valence-corrected chi connectivity index (χ0v) is 16.0. The lowest BCUT2D eigenvalue weighted by Gasteiger charge is -2.04. The Morgan fingerprint density at radius 3 is 2.52 bits per heavy atom. The first-order chi connectivity index (χ1) is 14.2. The summed E-state index contributed by atoms with van der Waals surface area (Å²) in [5.41, 5.74) is 2.07. The van der Waals surface area contributed by atoms with Gasteiger partial charge in [0, 0.05) is 19.2 Å². The zero-order valence-electron chi connectivity index (χ0n) is 16.0. The van der Waals surface area contributed by atoms with Gasteiger partial charge in [-0.3, -0.25) is 13.9 Å². The first-order valence-corrected chi connectivity index (χ1v) is 9.50. The molecule has 0 aliphatic heterocycles. The fourth-order valence-corrected chi connectivity index (χ4v) is 3.27. The van der Waals surface area contributed by atoms with E-state index in [0.717, 1.165) is 17.5 Å². The van der Waals surface area contributed by atoms with Crippen LogP contribution >= 0.6 is 0 Å². The smallest absolute Gasteiger partial charge is 0.329 e. The Labute approximate surface area is 166 Å². The van der Waals surface area contributed by atoms with E-state index in [1.807, 2.05) is 31.2 Å². The van der Waals surface area contributed by atoms with Gasteiger partial charge < -0.3 is 13.7 Å². The lowest BCUT2D eigenvalue weighted by Crippen LogP contribution is -2.25. The number of rotatable bonds is 8. The number of esters is 1. The van der Waals surface area contributed by atoms with Crippen molar-refractivity contribution in [1.29, 1.82) is 0 Å². The highest BCUT2D eigenvalue weighted by molar-refractivity contribution is 5.76. The number of fused-ring (bicyclic) bond motifs is 1. The molecule has 4 aromatic rings. The Bertz CT molecular complexity index is 1170. The van der Waals surface area contributed by atoms with Gasteiger partial charge in [0.25, 0.3) is 0 Å². The van der Waals surface area contributed by atoms with Crippen LogP contribution < -0.4 is 5.69 Å². The third-order valence-electron chi connectivity index (χ3n) is 4.62. The maximum absolute atomic E-state index is 12.7. The third kappa shape index (κ3) is 3.87. The molecule has 4 rings (SSSR count). The lowest BCUT2D eigenvalue weighted by molar-refractivity contribution is -0.145. The van der Waals surface area contributed by atoms with Gasteiger partial charge in [0.1, 0.15) is 12.3 Å². The second kappa shape index (κ2) is 8.22. The van der Waals surface area contributed by atoms with Crippen molar-refractivity contribution >= 4 is 17.0 Å². The maximum Gasteiger partial charge on any atom is 0.329 e. The Morgan fingerprint density at radius 1 is 1.07 bits per heavy atom. The highest BCUT2D eigenvalue weighted by Crippen LogP contribution is 2.21. The first-order valence-electron chi connectivity index (χ1n) is 9.50. The molecule has 8 heteroatoms. The number of hydrogen-bond donors (Lipinski definition) is 0. The van der Waals surface area contributed by atoms with Gasteiger partial charge >= 0.3 is 11.7 Å². The molecule has 0 amide bonds. The lowest BCUT2D eigenvalue weighted by atomic mass is 10.3. The summed E-state index contributed by atoms with van der Waals surface area (Å²) in [4.78, 5) is 24.9. The summed E-state index contributed by atoms with van der Waals surface area (Å²) < 4.78 is 19.1. The average molecular weight is 395 g/mol. The predicted octanol–water partition coefficient (Wildman–Crippen LogP) is 3.59. The molecular formula is C21H21N3O5. The van der Waals surface area contributed by atoms with Gasteiger partial charge in [-0.1, -0.05) is 24.2 Å². The Morgan fingerprint density at radius 2 is 1.83 bits per heavy atom. The van der Waals surface area contributed by atoms with Crippen molar-refractivity contribution in [1.82, 2.24) is 14.3 Å². The molecule has 3 aromatic heterocycles. The average Bonchev–Trinajstić information content (AvgIpc) is 3.46. The minimum absolute atomic E-state index is 0.00443. The van der Waals surface area contributed by atoms with Crippen molar-refractivity contribution < 1.29 is 18.5 Å². The standard InChI is InChI=1S/C21H21N3O5/c1-2-10-23-16-6-3-4-7-17(16)24(21(23)26)11-9-20(25)28-14-15-13-19(29-22-15)18-8-5-12-27-18/h3-8,12-13H,2,9-11,14H2,1H3. The van der Waals surface area contributed by atoms with Crippen molar-refractivity contribution in [3.63, 3.8) is 0 Å². The van der Waals surface area contributed by atoms with Crippen LogP contribution in [0.15, 0.2) is 62.5 Å². The summed E-state index contributed by atoms with van der Waals surface area (Å²) in [6.45, 7) is 2.92. The molecule has 0 fully saturated rings. The van der Waals surface area contributed by atoms with Crippen LogP contribution in [0.2, 0.25) is 0 Å². The third-order valence-corrected chi connectivity index (χ3v) is 4.62. The molecule has 0 N–H and O–H groups in total. The first kappa shape index (κ1) is 18.8. The summed E-state index contributed by atoms with van der Waals surface area (Å²) in [7, 11) is 0. The molecule has 0 aliphatic rings. The Hall–Kier alpha value is -3.55. The second-order valence-electron chi connectivity index (χ2n) is 6.65. The van der Waals surface area contributed by atoms with E-state index in [4.69, 9.17) is 13.7 Å². The van der Waals surface area contributed by atoms with E-state index < -0.39 is 5.97 Å². The number of aromatic nitrogens is 3. The van der Waals surface area contributed by atoms with Crippen molar-refractivity contribution in [3.05, 3.63) is 64.9 Å². The molecule has 0 atom stereocenters. The molecule has 0 spiro atoms. The maximum atomic E-state index is 12.7. The second-order valence-corrected chi connectivity index (χ2v) is 6.65. The van der Waals surface area contributed by atoms with E-state index in [1.165, 1.54) is 6.26 Å². The van der Waals surface area contributed by atoms with Crippen LogP contribution in [-0.4, -0.2) is 20.3 Å². The molecule has 0 aliphatic carbocycles. The van der Waals surface area contributed by atoms with Gasteiger partial charge in [0.15, 0.2) is 5.76 Å². The number of carbonyl (C=O) groups is 1. The number of carbonyl (C=O) groups excluding carboxylic acids is 1. The van der Waals surface area contributed by atoms with Gasteiger partial charge in [-0.05, 0) is 30.7 Å². The number of nitrogens with zero attached hydrogens (tertiary/aromatic N) is 3. The van der Waals surface area contributed by atoms with Gasteiger partial charge in [-0.25, -0.2) is 4.79 Å². The van der Waals surface area contributed by atoms with Crippen molar-refractivity contribution in [2.75, 3.05) is 0 Å². The molecule has 0 unspecified atom stereocenters. The van der Waals surface area contributed by atoms with E-state index in [2.05, 4.69) is 5.16 Å². The minimum atomic E-state index is -0.410. The summed E-state index contributed by atoms with van der Waals surface area (Å²) in [6.07, 6.45) is 2.48. The normalized spacial score (nSPS) is 11.2. The molecule has 3 heterocycles. The highest BCUT2D eigenvalue weighted by Gasteiger charge is 2.15. The van der Waals surface area contributed by atoms with Crippen LogP contribution in [0.1, 0.15) is 25.5 Å². The largest absolute Gasteiger partial charge is 0.461 e. The Balaban J connectivity index is 1.39. The minimum Gasteiger partial charge on any atom is -0.461 e. The van der Waals surface area contributed by atoms with E-state index in [-0.39, 0.29) is 25.3 Å². The van der Waals surface area contributed by atoms with Crippen LogP contribution in [0.3, 0.4) is 0 Å². The van der Waals surface area contributed by atoms with Gasteiger partial charge in [-0.15, -0.1) is 0 Å². The topological polar surface area (TPSA) is 92.4 Å². The van der Waals surface area contributed by atoms with E-state index in [0.29, 0.717) is 23.8 Å². The predicted molar refractivity (Wildman–Crippen MR) is 105 cm³/mol. The van der Waals surface area contributed by atoms with Crippen LogP contribution in [0.25, 0.3) is 22.6 Å². The molecule has 0 radical (unpaired) electrons. The fourth-order valence-electron chi connectivity index (χ4n) is 3.27. The fraction of sp³-hybridized carbons (Fsp3) is 0.286. The summed E-state index contributed by atoms with van der Waals surface area (Å²) in [5, 5.41) is 3.87. The quantitative estimate of drug-likeness (QED) is 0.423. The molecule has 0 saturated heterocycles. The van der Waals surface area contributed by atoms with Crippen LogP contribution in [0.4, 0.5) is 0 Å². The van der Waals surface area contributed by atoms with Crippen LogP contribution in [-0.2, 0) is 29.2 Å². The molecule has 0 saturated carbocycles. The molecule has 0 bridgehead atoms. The van der Waals surface area contributed by atoms with Gasteiger partial charge in [-0.2, -0.15) is 0 Å². The molecule has 8 nitrogen and oxygen atoms in total. The molecule has 150 valence electrons.